The minimum atomic E-state index is -0.289. The van der Waals surface area contributed by atoms with E-state index in [-0.39, 0.29) is 22.6 Å². The zero-order valence-corrected chi connectivity index (χ0v) is 13.0. The Kier molecular flexibility index (Phi) is 3.17. The highest BCUT2D eigenvalue weighted by Crippen LogP contribution is 2.61. The van der Waals surface area contributed by atoms with E-state index >= 15 is 0 Å². The van der Waals surface area contributed by atoms with Gasteiger partial charge >= 0.3 is 5.97 Å². The molecule has 4 nitrogen and oxygen atoms in total. The first kappa shape index (κ1) is 14.0. The summed E-state index contributed by atoms with van der Waals surface area (Å²) in [6.45, 7) is 1.65. The predicted octanol–water partition coefficient (Wildman–Crippen LogP) is 3.46. The zero-order chi connectivity index (χ0) is 15.3. The van der Waals surface area contributed by atoms with Gasteiger partial charge in [-0.3, -0.25) is 9.59 Å². The van der Waals surface area contributed by atoms with Gasteiger partial charge in [-0.15, -0.1) is 0 Å². The summed E-state index contributed by atoms with van der Waals surface area (Å²) in [5, 5.41) is 0. The molecule has 118 valence electrons. The number of carbonyl (C=O) groups excluding carboxylic acids is 1. The Balaban J connectivity index is 1.49. The second kappa shape index (κ2) is 4.97. The quantitative estimate of drug-likeness (QED) is 0.802. The van der Waals surface area contributed by atoms with Crippen molar-refractivity contribution in [3.8, 4) is 5.75 Å². The molecule has 1 aromatic rings. The van der Waals surface area contributed by atoms with Gasteiger partial charge in [0.05, 0.1) is 12.7 Å². The second-order valence-electron chi connectivity index (χ2n) is 7.74. The molecular weight excluding hydrogens is 280 g/mol. The lowest BCUT2D eigenvalue weighted by Gasteiger charge is -2.56. The van der Waals surface area contributed by atoms with Crippen LogP contribution in [0, 0.1) is 30.1 Å². The van der Waals surface area contributed by atoms with E-state index in [0.717, 1.165) is 37.0 Å². The maximum absolute atomic E-state index is 12.4. The molecule has 0 saturated heterocycles. The van der Waals surface area contributed by atoms with Crippen LogP contribution in [-0.2, 0) is 4.79 Å². The number of hydrogen-bond donors (Lipinski definition) is 0. The summed E-state index contributed by atoms with van der Waals surface area (Å²) in [6, 6.07) is 1.29. The third-order valence-corrected chi connectivity index (χ3v) is 5.91. The molecule has 22 heavy (non-hydrogen) atoms. The third kappa shape index (κ3) is 2.38. The van der Waals surface area contributed by atoms with Gasteiger partial charge in [0.2, 0.25) is 11.2 Å². The van der Waals surface area contributed by atoms with E-state index in [0.29, 0.717) is 12.2 Å². The molecule has 0 amide bonds. The number of rotatable bonds is 3. The van der Waals surface area contributed by atoms with Crippen molar-refractivity contribution in [2.75, 3.05) is 0 Å². The van der Waals surface area contributed by atoms with E-state index in [1.807, 2.05) is 0 Å². The summed E-state index contributed by atoms with van der Waals surface area (Å²) in [6.07, 6.45) is 9.34. The molecule has 4 aliphatic rings. The maximum Gasteiger partial charge on any atom is 0.312 e. The van der Waals surface area contributed by atoms with Crippen LogP contribution < -0.4 is 10.2 Å². The largest absolute Gasteiger partial charge is 0.465 e. The van der Waals surface area contributed by atoms with Crippen LogP contribution in [0.15, 0.2) is 21.5 Å². The fourth-order valence-corrected chi connectivity index (χ4v) is 5.59. The van der Waals surface area contributed by atoms with Gasteiger partial charge in [0.1, 0.15) is 5.76 Å². The molecule has 0 aromatic carbocycles. The number of carbonyl (C=O) groups is 1. The van der Waals surface area contributed by atoms with Crippen molar-refractivity contribution >= 4 is 5.97 Å². The summed E-state index contributed by atoms with van der Waals surface area (Å²) in [5.74, 6) is 2.57. The zero-order valence-electron chi connectivity index (χ0n) is 13.0. The Labute approximate surface area is 129 Å². The highest BCUT2D eigenvalue weighted by molar-refractivity contribution is 5.73. The SMILES string of the molecule is Cc1occc(=O)c1OC(=O)CC12CC3CC(CC(C3)C1)C2. The fourth-order valence-electron chi connectivity index (χ4n) is 5.59. The lowest BCUT2D eigenvalue weighted by molar-refractivity contribution is -0.143. The smallest absolute Gasteiger partial charge is 0.312 e. The fraction of sp³-hybridized carbons (Fsp3) is 0.667. The van der Waals surface area contributed by atoms with Crippen molar-refractivity contribution in [3.63, 3.8) is 0 Å². The molecular formula is C18H22O4. The number of esters is 1. The highest BCUT2D eigenvalue weighted by atomic mass is 16.5. The first-order valence-electron chi connectivity index (χ1n) is 8.32. The van der Waals surface area contributed by atoms with Crippen LogP contribution in [0.1, 0.15) is 50.7 Å². The van der Waals surface area contributed by atoms with Crippen LogP contribution in [0.4, 0.5) is 0 Å². The molecule has 0 spiro atoms. The van der Waals surface area contributed by atoms with Gasteiger partial charge in [0.15, 0.2) is 0 Å². The van der Waals surface area contributed by atoms with Gasteiger partial charge in [-0.1, -0.05) is 0 Å². The summed E-state index contributed by atoms with van der Waals surface area (Å²) in [5.41, 5.74) is -0.156. The average molecular weight is 302 g/mol. The second-order valence-corrected chi connectivity index (χ2v) is 7.74. The predicted molar refractivity (Wildman–Crippen MR) is 80.6 cm³/mol. The maximum atomic E-state index is 12.4. The first-order valence-corrected chi connectivity index (χ1v) is 8.32. The van der Waals surface area contributed by atoms with Crippen molar-refractivity contribution in [2.24, 2.45) is 23.2 Å². The standard InChI is InChI=1S/C18H22O4/c1-11-17(15(19)2-3-21-11)22-16(20)10-18-7-12-4-13(8-18)6-14(5-12)9-18/h2-3,12-14H,4-10H2,1H3. The van der Waals surface area contributed by atoms with Crippen molar-refractivity contribution in [1.82, 2.24) is 0 Å². The van der Waals surface area contributed by atoms with Crippen LogP contribution in [-0.4, -0.2) is 5.97 Å². The Morgan fingerprint density at radius 3 is 2.36 bits per heavy atom. The van der Waals surface area contributed by atoms with Gasteiger partial charge < -0.3 is 9.15 Å². The van der Waals surface area contributed by atoms with E-state index in [9.17, 15) is 9.59 Å². The molecule has 0 N–H and O–H groups in total. The van der Waals surface area contributed by atoms with Gasteiger partial charge in [0, 0.05) is 6.07 Å². The molecule has 4 bridgehead atoms. The Hall–Kier alpha value is -1.58. The first-order chi connectivity index (χ1) is 10.5. The third-order valence-electron chi connectivity index (χ3n) is 5.91. The van der Waals surface area contributed by atoms with E-state index < -0.39 is 0 Å². The van der Waals surface area contributed by atoms with Crippen molar-refractivity contribution in [3.05, 3.63) is 28.3 Å². The lowest BCUT2D eigenvalue weighted by Crippen LogP contribution is -2.47. The average Bonchev–Trinajstić information content (AvgIpc) is 2.41. The van der Waals surface area contributed by atoms with E-state index in [1.54, 1.807) is 6.92 Å². The molecule has 0 unspecified atom stereocenters. The Morgan fingerprint density at radius 1 is 1.23 bits per heavy atom. The van der Waals surface area contributed by atoms with Crippen LogP contribution in [0.5, 0.6) is 5.75 Å². The van der Waals surface area contributed by atoms with E-state index in [2.05, 4.69) is 0 Å². The summed E-state index contributed by atoms with van der Waals surface area (Å²) < 4.78 is 10.5. The normalized spacial score (nSPS) is 35.6. The Morgan fingerprint density at radius 2 is 1.82 bits per heavy atom. The minimum absolute atomic E-state index is 0.0530. The van der Waals surface area contributed by atoms with Gasteiger partial charge in [0.25, 0.3) is 0 Å². The van der Waals surface area contributed by atoms with Crippen LogP contribution in [0.3, 0.4) is 0 Å². The van der Waals surface area contributed by atoms with Crippen LogP contribution in [0.25, 0.3) is 0 Å². The van der Waals surface area contributed by atoms with Gasteiger partial charge in [-0.05, 0) is 68.6 Å². The van der Waals surface area contributed by atoms with E-state index in [1.165, 1.54) is 31.6 Å². The number of hydrogen-bond acceptors (Lipinski definition) is 4. The van der Waals surface area contributed by atoms with E-state index in [4.69, 9.17) is 9.15 Å². The molecule has 0 radical (unpaired) electrons. The molecule has 4 heteroatoms. The molecule has 0 atom stereocenters. The number of ether oxygens (including phenoxy) is 1. The molecule has 4 fully saturated rings. The van der Waals surface area contributed by atoms with Crippen molar-refractivity contribution in [2.45, 2.75) is 51.9 Å². The molecule has 1 aromatic heterocycles. The lowest BCUT2D eigenvalue weighted by atomic mass is 9.49. The number of aryl methyl sites for hydroxylation is 1. The van der Waals surface area contributed by atoms with Crippen molar-refractivity contribution < 1.29 is 13.9 Å². The monoisotopic (exact) mass is 302 g/mol. The minimum Gasteiger partial charge on any atom is -0.465 e. The van der Waals surface area contributed by atoms with Crippen LogP contribution in [0.2, 0.25) is 0 Å². The molecule has 5 rings (SSSR count). The summed E-state index contributed by atoms with van der Waals surface area (Å²) in [7, 11) is 0. The van der Waals surface area contributed by atoms with Gasteiger partial charge in [-0.2, -0.15) is 0 Å². The molecule has 1 heterocycles. The highest BCUT2D eigenvalue weighted by Gasteiger charge is 2.51. The summed E-state index contributed by atoms with van der Waals surface area (Å²) in [4.78, 5) is 24.2. The summed E-state index contributed by atoms with van der Waals surface area (Å²) >= 11 is 0. The molecule has 0 aliphatic heterocycles. The van der Waals surface area contributed by atoms with Crippen molar-refractivity contribution in [1.29, 1.82) is 0 Å². The molecule has 4 aliphatic carbocycles. The van der Waals surface area contributed by atoms with Crippen LogP contribution >= 0.6 is 0 Å². The Bertz CT molecular complexity index is 622. The molecule has 4 saturated carbocycles. The van der Waals surface area contributed by atoms with Gasteiger partial charge in [-0.25, -0.2) is 0 Å². The topological polar surface area (TPSA) is 56.5 Å².